The van der Waals surface area contributed by atoms with Crippen LogP contribution in [0.5, 0.6) is 0 Å². The van der Waals surface area contributed by atoms with Crippen LogP contribution >= 0.6 is 0 Å². The van der Waals surface area contributed by atoms with E-state index in [2.05, 4.69) is 25.5 Å². The number of methoxy groups -OCH3 is 1. The molecule has 1 saturated heterocycles. The van der Waals surface area contributed by atoms with Gasteiger partial charge in [-0.2, -0.15) is 0 Å². The Kier molecular flexibility index (Phi) is 9.82. The van der Waals surface area contributed by atoms with Gasteiger partial charge in [-0.3, -0.25) is 4.99 Å². The molecule has 2 N–H and O–H groups in total. The number of hydrogen-bond donors (Lipinski definition) is 2. The Labute approximate surface area is 157 Å². The lowest BCUT2D eigenvalue weighted by molar-refractivity contribution is 0.0536. The minimum atomic E-state index is 0.577. The minimum Gasteiger partial charge on any atom is -0.382 e. The fourth-order valence-electron chi connectivity index (χ4n) is 3.02. The van der Waals surface area contributed by atoms with Crippen LogP contribution in [0.15, 0.2) is 29.4 Å². The third-order valence-electron chi connectivity index (χ3n) is 4.44. The lowest BCUT2D eigenvalue weighted by Crippen LogP contribution is -2.40. The number of aliphatic imine (C=N–C) groups is 1. The van der Waals surface area contributed by atoms with Gasteiger partial charge in [0.2, 0.25) is 0 Å². The highest BCUT2D eigenvalue weighted by atomic mass is 16.5. The molecular weight excluding hydrogens is 330 g/mol. The first-order valence-corrected chi connectivity index (χ1v) is 9.50. The Morgan fingerprint density at radius 3 is 2.96 bits per heavy atom. The number of ether oxygens (including phenoxy) is 2. The van der Waals surface area contributed by atoms with Crippen LogP contribution in [0.4, 0.5) is 5.82 Å². The van der Waals surface area contributed by atoms with E-state index in [9.17, 15) is 0 Å². The molecule has 2 heterocycles. The van der Waals surface area contributed by atoms with Crippen LogP contribution in [0.25, 0.3) is 0 Å². The van der Waals surface area contributed by atoms with Gasteiger partial charge in [0.25, 0.3) is 0 Å². The maximum atomic E-state index is 5.66. The van der Waals surface area contributed by atoms with E-state index in [1.807, 2.05) is 25.2 Å². The molecular formula is C19H33N5O2. The Morgan fingerprint density at radius 1 is 1.31 bits per heavy atom. The summed E-state index contributed by atoms with van der Waals surface area (Å²) in [5, 5.41) is 6.81. The van der Waals surface area contributed by atoms with Gasteiger partial charge in [0.1, 0.15) is 5.82 Å². The molecule has 0 amide bonds. The van der Waals surface area contributed by atoms with Crippen molar-refractivity contribution in [3.63, 3.8) is 0 Å². The Bertz CT molecular complexity index is 512. The van der Waals surface area contributed by atoms with Crippen molar-refractivity contribution in [3.8, 4) is 0 Å². The second-order valence-electron chi connectivity index (χ2n) is 6.49. The van der Waals surface area contributed by atoms with Crippen LogP contribution in [0.1, 0.15) is 19.3 Å². The molecule has 1 aromatic rings. The highest BCUT2D eigenvalue weighted by Crippen LogP contribution is 2.16. The molecule has 1 unspecified atom stereocenters. The predicted molar refractivity (Wildman–Crippen MR) is 106 cm³/mol. The van der Waals surface area contributed by atoms with Gasteiger partial charge in [0.15, 0.2) is 5.96 Å². The van der Waals surface area contributed by atoms with E-state index in [0.29, 0.717) is 19.1 Å². The second kappa shape index (κ2) is 12.5. The molecule has 0 saturated carbocycles. The number of rotatable bonds is 11. The molecule has 0 aromatic carbocycles. The molecule has 1 atom stereocenters. The summed E-state index contributed by atoms with van der Waals surface area (Å²) in [6.45, 7) is 6.05. The minimum absolute atomic E-state index is 0.577. The highest BCUT2D eigenvalue weighted by molar-refractivity contribution is 5.80. The zero-order chi connectivity index (χ0) is 18.5. The molecule has 7 heteroatoms. The van der Waals surface area contributed by atoms with Crippen LogP contribution in [0.3, 0.4) is 0 Å². The molecule has 146 valence electrons. The normalized spacial score (nSPS) is 17.5. The molecule has 0 aliphatic carbocycles. The van der Waals surface area contributed by atoms with Crippen molar-refractivity contribution in [1.82, 2.24) is 15.2 Å². The number of unbranched alkanes of at least 4 members (excludes halogenated alkanes) is 1. The number of pyridine rings is 1. The summed E-state index contributed by atoms with van der Waals surface area (Å²) in [5.41, 5.74) is 0. The van der Waals surface area contributed by atoms with Crippen LogP contribution < -0.4 is 10.6 Å². The molecule has 1 aromatic heterocycles. The first-order chi connectivity index (χ1) is 12.8. The van der Waals surface area contributed by atoms with Crippen LogP contribution in [-0.4, -0.2) is 76.0 Å². The maximum absolute atomic E-state index is 5.66. The topological polar surface area (TPSA) is 71.0 Å². The van der Waals surface area contributed by atoms with Crippen molar-refractivity contribution in [2.75, 3.05) is 65.5 Å². The van der Waals surface area contributed by atoms with Crippen LogP contribution in [0, 0.1) is 5.92 Å². The molecule has 0 spiro atoms. The summed E-state index contributed by atoms with van der Waals surface area (Å²) in [4.78, 5) is 11.0. The maximum Gasteiger partial charge on any atom is 0.193 e. The average Bonchev–Trinajstić information content (AvgIpc) is 3.14. The third kappa shape index (κ3) is 7.58. The lowest BCUT2D eigenvalue weighted by Gasteiger charge is -2.21. The quantitative estimate of drug-likeness (QED) is 0.355. The van der Waals surface area contributed by atoms with E-state index in [4.69, 9.17) is 9.47 Å². The fourth-order valence-corrected chi connectivity index (χ4v) is 3.02. The molecule has 1 fully saturated rings. The number of anilines is 1. The first kappa shape index (κ1) is 20.5. The van der Waals surface area contributed by atoms with E-state index in [1.165, 1.54) is 0 Å². The van der Waals surface area contributed by atoms with Gasteiger partial charge in [-0.05, 0) is 31.4 Å². The largest absolute Gasteiger partial charge is 0.382 e. The number of nitrogens with one attached hydrogen (secondary N) is 2. The number of nitrogens with zero attached hydrogens (tertiary/aromatic N) is 3. The van der Waals surface area contributed by atoms with E-state index in [-0.39, 0.29) is 0 Å². The van der Waals surface area contributed by atoms with E-state index >= 15 is 0 Å². The zero-order valence-corrected chi connectivity index (χ0v) is 16.1. The van der Waals surface area contributed by atoms with Crippen molar-refractivity contribution in [2.45, 2.75) is 19.3 Å². The van der Waals surface area contributed by atoms with Gasteiger partial charge in [0, 0.05) is 52.5 Å². The van der Waals surface area contributed by atoms with Crippen LogP contribution in [0.2, 0.25) is 0 Å². The number of likely N-dealkylation sites (tertiary alicyclic amines) is 1. The van der Waals surface area contributed by atoms with Crippen molar-refractivity contribution in [2.24, 2.45) is 10.9 Å². The highest BCUT2D eigenvalue weighted by Gasteiger charge is 2.24. The zero-order valence-electron chi connectivity index (χ0n) is 16.1. The van der Waals surface area contributed by atoms with Crippen LogP contribution in [-0.2, 0) is 9.47 Å². The van der Waals surface area contributed by atoms with Gasteiger partial charge in [-0.25, -0.2) is 4.98 Å². The van der Waals surface area contributed by atoms with E-state index < -0.39 is 0 Å². The molecule has 2 rings (SSSR count). The van der Waals surface area contributed by atoms with Crippen molar-refractivity contribution < 1.29 is 9.47 Å². The summed E-state index contributed by atoms with van der Waals surface area (Å²) in [6.07, 6.45) is 5.15. The number of guanidine groups is 1. The summed E-state index contributed by atoms with van der Waals surface area (Å²) in [7, 11) is 3.55. The smallest absolute Gasteiger partial charge is 0.193 e. The van der Waals surface area contributed by atoms with Crippen molar-refractivity contribution >= 4 is 11.8 Å². The molecule has 1 aliphatic heterocycles. The van der Waals surface area contributed by atoms with Gasteiger partial charge >= 0.3 is 0 Å². The van der Waals surface area contributed by atoms with Crippen molar-refractivity contribution in [1.29, 1.82) is 0 Å². The Hall–Kier alpha value is -1.86. The Morgan fingerprint density at radius 2 is 2.19 bits per heavy atom. The molecule has 7 nitrogen and oxygen atoms in total. The van der Waals surface area contributed by atoms with E-state index in [0.717, 1.165) is 63.8 Å². The summed E-state index contributed by atoms with van der Waals surface area (Å²) in [5.74, 6) is 2.52. The summed E-state index contributed by atoms with van der Waals surface area (Å²) >= 11 is 0. The van der Waals surface area contributed by atoms with Gasteiger partial charge in [-0.15, -0.1) is 0 Å². The SMILES string of the molecule is CN=C(NCCCCNc1ccccn1)N1CCC(COCCOC)C1. The predicted octanol–water partition coefficient (Wildman–Crippen LogP) is 1.83. The monoisotopic (exact) mass is 363 g/mol. The lowest BCUT2D eigenvalue weighted by atomic mass is 10.1. The third-order valence-corrected chi connectivity index (χ3v) is 4.44. The fraction of sp³-hybridized carbons (Fsp3) is 0.684. The summed E-state index contributed by atoms with van der Waals surface area (Å²) in [6, 6.07) is 5.91. The van der Waals surface area contributed by atoms with Crippen molar-refractivity contribution in [3.05, 3.63) is 24.4 Å². The van der Waals surface area contributed by atoms with E-state index in [1.54, 1.807) is 13.3 Å². The molecule has 0 radical (unpaired) electrons. The van der Waals surface area contributed by atoms with Gasteiger partial charge in [0.05, 0.1) is 19.8 Å². The first-order valence-electron chi connectivity index (χ1n) is 9.50. The van der Waals surface area contributed by atoms with Gasteiger partial charge in [-0.1, -0.05) is 6.07 Å². The number of aromatic nitrogens is 1. The Balaban J connectivity index is 1.55. The standard InChI is InChI=1S/C19H33N5O2/c1-20-19(24-12-8-17(15-24)16-26-14-13-25-2)23-11-6-5-10-22-18-7-3-4-9-21-18/h3-4,7,9,17H,5-6,8,10-16H2,1-2H3,(H,20,23)(H,21,22). The molecule has 26 heavy (non-hydrogen) atoms. The molecule has 0 bridgehead atoms. The molecule has 1 aliphatic rings. The second-order valence-corrected chi connectivity index (χ2v) is 6.49. The average molecular weight is 364 g/mol. The number of hydrogen-bond acceptors (Lipinski definition) is 5. The summed E-state index contributed by atoms with van der Waals surface area (Å²) < 4.78 is 10.7. The van der Waals surface area contributed by atoms with Gasteiger partial charge < -0.3 is 25.0 Å².